The highest BCUT2D eigenvalue weighted by Crippen LogP contribution is 2.39. The van der Waals surface area contributed by atoms with Crippen molar-refractivity contribution in [3.8, 4) is 11.1 Å². The average molecular weight is 449 g/mol. The summed E-state index contributed by atoms with van der Waals surface area (Å²) in [7, 11) is -2.45. The van der Waals surface area contributed by atoms with Crippen LogP contribution in [0.3, 0.4) is 0 Å². The molecule has 0 aliphatic carbocycles. The Kier molecular flexibility index (Phi) is 4.18. The minimum Gasteiger partial charge on any atom is -0.0623 e. The van der Waals surface area contributed by atoms with E-state index in [0.717, 1.165) is 0 Å². The van der Waals surface area contributed by atoms with Crippen LogP contribution in [0.1, 0.15) is 5.56 Å². The molecule has 0 aromatic heterocycles. The van der Waals surface area contributed by atoms with Crippen molar-refractivity contribution in [1.29, 1.82) is 0 Å². The van der Waals surface area contributed by atoms with E-state index >= 15 is 0 Å². The van der Waals surface area contributed by atoms with Crippen molar-refractivity contribution in [1.82, 2.24) is 0 Å². The number of aryl methyl sites for hydroxylation is 1. The van der Waals surface area contributed by atoms with Gasteiger partial charge in [0.25, 0.3) is 0 Å². The van der Waals surface area contributed by atoms with Crippen LogP contribution in [0.2, 0.25) is 0 Å². The normalized spacial score (nSPS) is 13.7. The number of rotatable bonds is 2. The average Bonchev–Trinajstić information content (AvgIpc) is 3.21. The Labute approximate surface area is 201 Å². The Morgan fingerprint density at radius 2 is 1.12 bits per heavy atom. The number of hydrogen-bond acceptors (Lipinski definition) is 0. The van der Waals surface area contributed by atoms with Crippen LogP contribution in [0.15, 0.2) is 127 Å². The minimum atomic E-state index is -2.45. The molecular formula is C33H24Si. The number of hydrogen-bond donors (Lipinski definition) is 0. The highest BCUT2D eigenvalue weighted by Gasteiger charge is 2.49. The van der Waals surface area contributed by atoms with E-state index in [4.69, 9.17) is 0 Å². The minimum absolute atomic E-state index is 1.32. The first-order valence-corrected chi connectivity index (χ1v) is 14.0. The van der Waals surface area contributed by atoms with Gasteiger partial charge in [0.1, 0.15) is 0 Å². The van der Waals surface area contributed by atoms with Crippen LogP contribution >= 0.6 is 0 Å². The molecule has 0 bridgehead atoms. The maximum Gasteiger partial charge on any atom is 0.180 e. The molecule has 0 atom stereocenters. The fourth-order valence-corrected chi connectivity index (χ4v) is 11.5. The molecule has 6 aromatic rings. The molecule has 34 heavy (non-hydrogen) atoms. The highest BCUT2D eigenvalue weighted by molar-refractivity contribution is 7.22. The van der Waals surface area contributed by atoms with Crippen LogP contribution in [-0.4, -0.2) is 8.07 Å². The molecule has 0 unspecified atom stereocenters. The predicted octanol–water partition coefficient (Wildman–Crippen LogP) is 5.66. The Bertz CT molecular complexity index is 1660. The monoisotopic (exact) mass is 448 g/mol. The van der Waals surface area contributed by atoms with Crippen LogP contribution in [0, 0.1) is 6.92 Å². The van der Waals surface area contributed by atoms with Gasteiger partial charge in [-0.05, 0) is 65.9 Å². The fraction of sp³-hybridized carbons (Fsp3) is 0.0303. The van der Waals surface area contributed by atoms with Crippen LogP contribution < -0.4 is 20.7 Å². The first-order valence-electron chi connectivity index (χ1n) is 12.0. The summed E-state index contributed by atoms with van der Waals surface area (Å²) >= 11 is 0. The summed E-state index contributed by atoms with van der Waals surface area (Å²) < 4.78 is 0. The summed E-state index contributed by atoms with van der Waals surface area (Å²) in [5.74, 6) is 0. The summed E-state index contributed by atoms with van der Waals surface area (Å²) in [4.78, 5) is 0. The summed E-state index contributed by atoms with van der Waals surface area (Å²) in [5, 5.41) is 11.3. The first kappa shape index (κ1) is 19.5. The van der Waals surface area contributed by atoms with Crippen LogP contribution in [0.5, 0.6) is 0 Å². The molecule has 7 rings (SSSR count). The van der Waals surface area contributed by atoms with Gasteiger partial charge < -0.3 is 0 Å². The molecule has 0 radical (unpaired) electrons. The zero-order chi connectivity index (χ0) is 22.7. The van der Waals surface area contributed by atoms with E-state index in [1.807, 2.05) is 0 Å². The second-order valence-corrected chi connectivity index (χ2v) is 13.1. The van der Waals surface area contributed by atoms with Gasteiger partial charge >= 0.3 is 0 Å². The molecule has 0 saturated carbocycles. The van der Waals surface area contributed by atoms with Crippen molar-refractivity contribution in [2.75, 3.05) is 0 Å². The first-order chi connectivity index (χ1) is 16.8. The molecule has 0 fully saturated rings. The van der Waals surface area contributed by atoms with Crippen molar-refractivity contribution in [3.63, 3.8) is 0 Å². The van der Waals surface area contributed by atoms with Gasteiger partial charge in [-0.2, -0.15) is 0 Å². The van der Waals surface area contributed by atoms with E-state index in [9.17, 15) is 0 Å². The third-order valence-electron chi connectivity index (χ3n) is 7.65. The lowest BCUT2D eigenvalue weighted by Crippen LogP contribution is -2.72. The maximum atomic E-state index is 2.45. The SMILES string of the molecule is Cc1cc2ccccc2c2c3c(ccc12)[Si](c1ccccc1)(c1ccccc1)c1ccccc1-3. The number of benzene rings is 6. The van der Waals surface area contributed by atoms with Crippen molar-refractivity contribution in [2.24, 2.45) is 0 Å². The molecule has 1 aliphatic rings. The van der Waals surface area contributed by atoms with E-state index in [-0.39, 0.29) is 0 Å². The van der Waals surface area contributed by atoms with Gasteiger partial charge in [0.15, 0.2) is 8.07 Å². The molecule has 1 aliphatic heterocycles. The zero-order valence-corrected chi connectivity index (χ0v) is 20.1. The Morgan fingerprint density at radius 3 is 1.85 bits per heavy atom. The lowest BCUT2D eigenvalue weighted by Gasteiger charge is -2.31. The van der Waals surface area contributed by atoms with Gasteiger partial charge in [-0.15, -0.1) is 0 Å². The van der Waals surface area contributed by atoms with E-state index in [1.165, 1.54) is 59.0 Å². The number of fused-ring (bicyclic) bond motifs is 7. The van der Waals surface area contributed by atoms with E-state index < -0.39 is 8.07 Å². The van der Waals surface area contributed by atoms with Gasteiger partial charge in [-0.1, -0.05) is 127 Å². The van der Waals surface area contributed by atoms with Crippen molar-refractivity contribution < 1.29 is 0 Å². The van der Waals surface area contributed by atoms with Gasteiger partial charge in [-0.25, -0.2) is 0 Å². The van der Waals surface area contributed by atoms with Crippen molar-refractivity contribution in [3.05, 3.63) is 133 Å². The third-order valence-corrected chi connectivity index (χ3v) is 12.5. The lowest BCUT2D eigenvalue weighted by molar-refractivity contribution is 1.56. The standard InChI is InChI=1S/C33H24Si/c1-23-22-24-12-8-9-17-28(24)32-27(23)20-21-31-33(32)29-18-10-11-19-30(29)34(31,25-13-4-2-5-14-25)26-15-6-3-7-16-26/h2-22H,1H3. The van der Waals surface area contributed by atoms with Crippen molar-refractivity contribution >= 4 is 50.4 Å². The Hall–Kier alpha value is -3.94. The van der Waals surface area contributed by atoms with Crippen LogP contribution in [0.4, 0.5) is 0 Å². The van der Waals surface area contributed by atoms with Crippen LogP contribution in [-0.2, 0) is 0 Å². The second kappa shape index (κ2) is 7.28. The van der Waals surface area contributed by atoms with Crippen LogP contribution in [0.25, 0.3) is 32.7 Å². The Balaban J connectivity index is 1.75. The summed E-state index contributed by atoms with van der Waals surface area (Å²) in [6, 6.07) is 47.7. The second-order valence-electron chi connectivity index (χ2n) is 9.35. The molecule has 6 aromatic carbocycles. The zero-order valence-electron chi connectivity index (χ0n) is 19.1. The Morgan fingerprint density at radius 1 is 0.500 bits per heavy atom. The summed E-state index contributed by atoms with van der Waals surface area (Å²) in [5.41, 5.74) is 4.18. The molecule has 0 N–H and O–H groups in total. The predicted molar refractivity (Wildman–Crippen MR) is 149 cm³/mol. The van der Waals surface area contributed by atoms with E-state index in [1.54, 1.807) is 0 Å². The molecule has 1 heteroatoms. The molecule has 0 nitrogen and oxygen atoms in total. The smallest absolute Gasteiger partial charge is 0.0623 e. The van der Waals surface area contributed by atoms with E-state index in [0.29, 0.717) is 0 Å². The lowest BCUT2D eigenvalue weighted by atomic mass is 9.91. The largest absolute Gasteiger partial charge is 0.180 e. The molecule has 0 spiro atoms. The van der Waals surface area contributed by atoms with Gasteiger partial charge in [-0.3, -0.25) is 0 Å². The molecule has 0 amide bonds. The van der Waals surface area contributed by atoms with Gasteiger partial charge in [0, 0.05) is 0 Å². The van der Waals surface area contributed by atoms with Gasteiger partial charge in [0.2, 0.25) is 0 Å². The molecule has 0 saturated heterocycles. The highest BCUT2D eigenvalue weighted by atomic mass is 28.3. The fourth-order valence-electron chi connectivity index (χ4n) is 6.30. The topological polar surface area (TPSA) is 0 Å². The molecule has 1 heterocycles. The van der Waals surface area contributed by atoms with E-state index in [2.05, 4.69) is 134 Å². The van der Waals surface area contributed by atoms with Gasteiger partial charge in [0.05, 0.1) is 0 Å². The molecular weight excluding hydrogens is 424 g/mol. The maximum absolute atomic E-state index is 2.45. The van der Waals surface area contributed by atoms with Crippen molar-refractivity contribution in [2.45, 2.75) is 6.92 Å². The summed E-state index contributed by atoms with van der Waals surface area (Å²) in [6.07, 6.45) is 0. The molecule has 160 valence electrons. The third kappa shape index (κ3) is 2.48. The summed E-state index contributed by atoms with van der Waals surface area (Å²) in [6.45, 7) is 2.25. The quantitative estimate of drug-likeness (QED) is 0.236.